The molecule has 76 valence electrons. The molecule has 0 unspecified atom stereocenters. The first-order valence-corrected chi connectivity index (χ1v) is 4.05. The van der Waals surface area contributed by atoms with Crippen LogP contribution in [-0.4, -0.2) is 14.9 Å². The highest BCUT2D eigenvalue weighted by atomic mass is 16.6. The van der Waals surface area contributed by atoms with E-state index < -0.39 is 10.9 Å². The van der Waals surface area contributed by atoms with Gasteiger partial charge in [0.15, 0.2) is 5.52 Å². The van der Waals surface area contributed by atoms with Crippen LogP contribution in [0.5, 0.6) is 0 Å². The van der Waals surface area contributed by atoms with Crippen molar-refractivity contribution in [2.24, 2.45) is 0 Å². The smallest absolute Gasteiger partial charge is 0.399 e. The maximum atomic E-state index is 10.5. The summed E-state index contributed by atoms with van der Waals surface area (Å²) in [6, 6.07) is 4.74. The normalized spacial score (nSPS) is 10.4. The number of rotatable bonds is 1. The van der Waals surface area contributed by atoms with Gasteiger partial charge in [0.25, 0.3) is 0 Å². The molecule has 0 saturated carbocycles. The topological polar surface area (TPSA) is 121 Å². The molecule has 0 atom stereocenters. The summed E-state index contributed by atoms with van der Waals surface area (Å²) in [6.45, 7) is 0. The number of aromatic nitrogens is 2. The van der Waals surface area contributed by atoms with Gasteiger partial charge in [-0.1, -0.05) is 4.98 Å². The zero-order chi connectivity index (χ0) is 11.0. The van der Waals surface area contributed by atoms with Crippen molar-refractivity contribution < 1.29 is 4.92 Å². The average Bonchev–Trinajstić information content (AvgIpc) is 2.18. The number of nitro groups is 1. The Kier molecular flexibility index (Phi) is 1.86. The van der Waals surface area contributed by atoms with Crippen LogP contribution in [0.25, 0.3) is 10.9 Å². The molecule has 1 aromatic heterocycles. The standard InChI is InChI=1S/C8H7N5O2/c9-4-1-2-6-5(3-4)7(10)12-8(11-6)13(14)15/h1-3H,9H2,(H2,10,11,12). The van der Waals surface area contributed by atoms with Crippen LogP contribution < -0.4 is 11.5 Å². The van der Waals surface area contributed by atoms with Crippen molar-refractivity contribution in [2.75, 3.05) is 11.5 Å². The molecule has 0 radical (unpaired) electrons. The van der Waals surface area contributed by atoms with Gasteiger partial charge < -0.3 is 21.6 Å². The highest BCUT2D eigenvalue weighted by Crippen LogP contribution is 2.22. The fraction of sp³-hybridized carbons (Fsp3) is 0. The SMILES string of the molecule is Nc1ccc2nc([N+](=O)[O-])nc(N)c2c1. The molecule has 1 heterocycles. The molecule has 0 aliphatic heterocycles. The lowest BCUT2D eigenvalue weighted by atomic mass is 10.2. The van der Waals surface area contributed by atoms with Gasteiger partial charge in [-0.2, -0.15) is 0 Å². The van der Waals surface area contributed by atoms with Crippen LogP contribution in [0.4, 0.5) is 17.5 Å². The van der Waals surface area contributed by atoms with Crippen LogP contribution in [0.2, 0.25) is 0 Å². The summed E-state index contributed by atoms with van der Waals surface area (Å²) in [5.41, 5.74) is 12.0. The second kappa shape index (κ2) is 3.05. The molecule has 0 aliphatic rings. The molecule has 4 N–H and O–H groups in total. The molecule has 0 bridgehead atoms. The van der Waals surface area contributed by atoms with E-state index in [1.165, 1.54) is 0 Å². The third-order valence-electron chi connectivity index (χ3n) is 1.90. The van der Waals surface area contributed by atoms with Gasteiger partial charge in [0, 0.05) is 5.69 Å². The van der Waals surface area contributed by atoms with E-state index in [1.807, 2.05) is 0 Å². The molecule has 0 spiro atoms. The quantitative estimate of drug-likeness (QED) is 0.401. The number of hydrogen-bond donors (Lipinski definition) is 2. The molecule has 0 amide bonds. The predicted octanol–water partition coefficient (Wildman–Crippen LogP) is 0.702. The minimum absolute atomic E-state index is 0.0546. The largest absolute Gasteiger partial charge is 0.471 e. The van der Waals surface area contributed by atoms with Gasteiger partial charge in [0.2, 0.25) is 5.82 Å². The van der Waals surface area contributed by atoms with E-state index in [0.29, 0.717) is 16.6 Å². The summed E-state index contributed by atoms with van der Waals surface area (Å²) in [6.07, 6.45) is 0. The number of benzene rings is 1. The summed E-state index contributed by atoms with van der Waals surface area (Å²) in [4.78, 5) is 17.1. The zero-order valence-corrected chi connectivity index (χ0v) is 7.54. The van der Waals surface area contributed by atoms with E-state index >= 15 is 0 Å². The minimum atomic E-state index is -0.688. The van der Waals surface area contributed by atoms with E-state index in [4.69, 9.17) is 11.5 Å². The molecule has 2 rings (SSSR count). The Morgan fingerprint density at radius 1 is 1.27 bits per heavy atom. The van der Waals surface area contributed by atoms with E-state index in [1.54, 1.807) is 18.2 Å². The van der Waals surface area contributed by atoms with E-state index in [0.717, 1.165) is 0 Å². The summed E-state index contributed by atoms with van der Waals surface area (Å²) in [5, 5.41) is 11.0. The number of nitrogens with zero attached hydrogens (tertiary/aromatic N) is 3. The Morgan fingerprint density at radius 3 is 2.67 bits per heavy atom. The monoisotopic (exact) mass is 205 g/mol. The van der Waals surface area contributed by atoms with Crippen molar-refractivity contribution in [1.29, 1.82) is 0 Å². The van der Waals surface area contributed by atoms with Crippen molar-refractivity contribution in [3.63, 3.8) is 0 Å². The molecule has 0 saturated heterocycles. The van der Waals surface area contributed by atoms with E-state index in [2.05, 4.69) is 9.97 Å². The van der Waals surface area contributed by atoms with E-state index in [-0.39, 0.29) is 5.82 Å². The number of nitrogen functional groups attached to an aromatic ring is 2. The molecule has 1 aromatic carbocycles. The second-order valence-electron chi connectivity index (χ2n) is 2.94. The molecule has 7 heteroatoms. The van der Waals surface area contributed by atoms with Gasteiger partial charge in [-0.3, -0.25) is 0 Å². The minimum Gasteiger partial charge on any atom is -0.399 e. The van der Waals surface area contributed by atoms with Crippen LogP contribution in [-0.2, 0) is 0 Å². The highest BCUT2D eigenvalue weighted by molar-refractivity contribution is 5.90. The zero-order valence-electron chi connectivity index (χ0n) is 7.54. The van der Waals surface area contributed by atoms with Crippen molar-refractivity contribution in [3.05, 3.63) is 28.3 Å². The van der Waals surface area contributed by atoms with Gasteiger partial charge in [0.1, 0.15) is 0 Å². The van der Waals surface area contributed by atoms with Crippen LogP contribution >= 0.6 is 0 Å². The van der Waals surface area contributed by atoms with Crippen molar-refractivity contribution in [2.45, 2.75) is 0 Å². The Morgan fingerprint density at radius 2 is 2.00 bits per heavy atom. The Labute approximate surface area is 83.9 Å². The third kappa shape index (κ3) is 1.50. The maximum Gasteiger partial charge on any atom is 0.471 e. The molecular formula is C8H7N5O2. The molecule has 0 fully saturated rings. The summed E-state index contributed by atoms with van der Waals surface area (Å²) in [7, 11) is 0. The van der Waals surface area contributed by atoms with Crippen LogP contribution in [0.3, 0.4) is 0 Å². The van der Waals surface area contributed by atoms with Gasteiger partial charge in [-0.25, -0.2) is 0 Å². The Bertz CT molecular complexity index is 554. The second-order valence-corrected chi connectivity index (χ2v) is 2.94. The predicted molar refractivity (Wildman–Crippen MR) is 55.0 cm³/mol. The fourth-order valence-corrected chi connectivity index (χ4v) is 1.24. The summed E-state index contributed by atoms with van der Waals surface area (Å²) >= 11 is 0. The first kappa shape index (κ1) is 9.13. The molecular weight excluding hydrogens is 198 g/mol. The average molecular weight is 205 g/mol. The first-order valence-electron chi connectivity index (χ1n) is 4.05. The van der Waals surface area contributed by atoms with Crippen molar-refractivity contribution in [1.82, 2.24) is 9.97 Å². The maximum absolute atomic E-state index is 10.5. The summed E-state index contributed by atoms with van der Waals surface area (Å²) in [5.74, 6) is -0.455. The molecule has 0 aliphatic carbocycles. The lowest BCUT2D eigenvalue weighted by molar-refractivity contribution is -0.394. The number of fused-ring (bicyclic) bond motifs is 1. The first-order chi connectivity index (χ1) is 7.08. The molecule has 2 aromatic rings. The van der Waals surface area contributed by atoms with Gasteiger partial charge in [-0.05, 0) is 28.1 Å². The number of nitrogens with two attached hydrogens (primary N) is 2. The number of hydrogen-bond acceptors (Lipinski definition) is 6. The lowest BCUT2D eigenvalue weighted by Gasteiger charge is -1.98. The van der Waals surface area contributed by atoms with Crippen LogP contribution in [0.1, 0.15) is 0 Å². The third-order valence-corrected chi connectivity index (χ3v) is 1.90. The Balaban J connectivity index is 2.78. The fourth-order valence-electron chi connectivity index (χ4n) is 1.24. The van der Waals surface area contributed by atoms with Crippen molar-refractivity contribution >= 4 is 28.4 Å². The van der Waals surface area contributed by atoms with Gasteiger partial charge >= 0.3 is 5.95 Å². The van der Waals surface area contributed by atoms with Gasteiger partial charge in [-0.15, -0.1) is 0 Å². The molecule has 15 heavy (non-hydrogen) atoms. The summed E-state index contributed by atoms with van der Waals surface area (Å²) < 4.78 is 0. The number of anilines is 2. The highest BCUT2D eigenvalue weighted by Gasteiger charge is 2.15. The van der Waals surface area contributed by atoms with Crippen LogP contribution in [0.15, 0.2) is 18.2 Å². The van der Waals surface area contributed by atoms with Crippen molar-refractivity contribution in [3.8, 4) is 0 Å². The van der Waals surface area contributed by atoms with E-state index in [9.17, 15) is 10.1 Å². The molecule has 7 nitrogen and oxygen atoms in total. The van der Waals surface area contributed by atoms with Gasteiger partial charge in [0.05, 0.1) is 5.39 Å². The lowest BCUT2D eigenvalue weighted by Crippen LogP contribution is -2.01. The van der Waals surface area contributed by atoms with Crippen LogP contribution in [0, 0.1) is 10.1 Å². The Hall–Kier alpha value is -2.44.